The first kappa shape index (κ1) is 12.7. The van der Waals surface area contributed by atoms with Crippen LogP contribution in [-0.2, 0) is 0 Å². The van der Waals surface area contributed by atoms with Gasteiger partial charge in [0.25, 0.3) is 0 Å². The normalized spacial score (nSPS) is 11.1. The van der Waals surface area contributed by atoms with Crippen molar-refractivity contribution in [1.29, 1.82) is 0 Å². The van der Waals surface area contributed by atoms with Crippen molar-refractivity contribution in [2.45, 2.75) is 52.5 Å². The van der Waals surface area contributed by atoms with Crippen molar-refractivity contribution < 1.29 is 0 Å². The van der Waals surface area contributed by atoms with Crippen molar-refractivity contribution in [3.8, 4) is 0 Å². The number of nitrogens with zero attached hydrogens (tertiary/aromatic N) is 2. The van der Waals surface area contributed by atoms with Crippen molar-refractivity contribution in [1.82, 2.24) is 9.97 Å². The molecule has 0 atom stereocenters. The molecule has 0 bridgehead atoms. The minimum absolute atomic E-state index is 0.332. The SMILES string of the molecule is CCC(CC)Nc1ncnc(N)c1C(C)C. The second-order valence-corrected chi connectivity index (χ2v) is 4.33. The van der Waals surface area contributed by atoms with E-state index < -0.39 is 0 Å². The van der Waals surface area contributed by atoms with Gasteiger partial charge in [-0.05, 0) is 18.8 Å². The fourth-order valence-corrected chi connectivity index (χ4v) is 1.78. The van der Waals surface area contributed by atoms with E-state index in [1.807, 2.05) is 0 Å². The van der Waals surface area contributed by atoms with Gasteiger partial charge in [-0.2, -0.15) is 0 Å². The fraction of sp³-hybridized carbons (Fsp3) is 0.667. The molecule has 0 unspecified atom stereocenters. The summed E-state index contributed by atoms with van der Waals surface area (Å²) in [5, 5.41) is 3.44. The van der Waals surface area contributed by atoms with Crippen LogP contribution in [0.2, 0.25) is 0 Å². The Balaban J connectivity index is 2.99. The molecule has 0 aromatic carbocycles. The van der Waals surface area contributed by atoms with Crippen molar-refractivity contribution >= 4 is 11.6 Å². The van der Waals surface area contributed by atoms with Crippen LogP contribution in [0, 0.1) is 0 Å². The van der Waals surface area contributed by atoms with E-state index in [0.717, 1.165) is 24.2 Å². The zero-order valence-electron chi connectivity index (χ0n) is 10.6. The Morgan fingerprint density at radius 1 is 1.25 bits per heavy atom. The van der Waals surface area contributed by atoms with E-state index >= 15 is 0 Å². The average molecular weight is 222 g/mol. The van der Waals surface area contributed by atoms with Crippen LogP contribution in [0.25, 0.3) is 0 Å². The molecule has 16 heavy (non-hydrogen) atoms. The molecule has 90 valence electrons. The van der Waals surface area contributed by atoms with Gasteiger partial charge in [0.15, 0.2) is 0 Å². The Morgan fingerprint density at radius 2 is 1.88 bits per heavy atom. The number of aromatic nitrogens is 2. The molecule has 3 N–H and O–H groups in total. The zero-order valence-corrected chi connectivity index (χ0v) is 10.6. The second kappa shape index (κ2) is 5.68. The molecule has 0 amide bonds. The van der Waals surface area contributed by atoms with E-state index in [1.54, 1.807) is 0 Å². The van der Waals surface area contributed by atoms with E-state index in [4.69, 9.17) is 5.73 Å². The standard InChI is InChI=1S/C12H22N4/c1-5-9(6-2)16-12-10(8(3)4)11(13)14-7-15-12/h7-9H,5-6H2,1-4H3,(H3,13,14,15,16). The minimum atomic E-state index is 0.332. The molecular weight excluding hydrogens is 200 g/mol. The number of anilines is 2. The summed E-state index contributed by atoms with van der Waals surface area (Å²) < 4.78 is 0. The number of nitrogen functional groups attached to an aromatic ring is 1. The van der Waals surface area contributed by atoms with Gasteiger partial charge in [0.1, 0.15) is 18.0 Å². The molecule has 0 fully saturated rings. The van der Waals surface area contributed by atoms with Crippen LogP contribution in [-0.4, -0.2) is 16.0 Å². The highest BCUT2D eigenvalue weighted by molar-refractivity contribution is 5.56. The highest BCUT2D eigenvalue weighted by Gasteiger charge is 2.14. The van der Waals surface area contributed by atoms with E-state index in [9.17, 15) is 0 Å². The second-order valence-electron chi connectivity index (χ2n) is 4.33. The van der Waals surface area contributed by atoms with Gasteiger partial charge in [-0.3, -0.25) is 0 Å². The van der Waals surface area contributed by atoms with E-state index in [-0.39, 0.29) is 0 Å². The third kappa shape index (κ3) is 2.84. The minimum Gasteiger partial charge on any atom is -0.383 e. The van der Waals surface area contributed by atoms with Gasteiger partial charge in [-0.25, -0.2) is 9.97 Å². The molecule has 0 saturated heterocycles. The molecule has 1 aromatic rings. The molecule has 4 nitrogen and oxygen atoms in total. The van der Waals surface area contributed by atoms with Crippen molar-refractivity contribution in [3.63, 3.8) is 0 Å². The smallest absolute Gasteiger partial charge is 0.135 e. The van der Waals surface area contributed by atoms with Crippen LogP contribution in [0.15, 0.2) is 6.33 Å². The van der Waals surface area contributed by atoms with E-state index in [0.29, 0.717) is 17.8 Å². The van der Waals surface area contributed by atoms with Crippen molar-refractivity contribution in [3.05, 3.63) is 11.9 Å². The first-order valence-corrected chi connectivity index (χ1v) is 5.97. The molecule has 0 aliphatic carbocycles. The highest BCUT2D eigenvalue weighted by Crippen LogP contribution is 2.27. The molecule has 1 heterocycles. The van der Waals surface area contributed by atoms with Crippen LogP contribution in [0.4, 0.5) is 11.6 Å². The summed E-state index contributed by atoms with van der Waals surface area (Å²) in [6.45, 7) is 8.54. The van der Waals surface area contributed by atoms with E-state index in [1.165, 1.54) is 6.33 Å². The summed E-state index contributed by atoms with van der Waals surface area (Å²) in [4.78, 5) is 8.34. The number of hydrogen-bond donors (Lipinski definition) is 2. The van der Waals surface area contributed by atoms with Gasteiger partial charge in [-0.15, -0.1) is 0 Å². The lowest BCUT2D eigenvalue weighted by molar-refractivity contribution is 0.665. The molecule has 0 aliphatic heterocycles. The van der Waals surface area contributed by atoms with Gasteiger partial charge in [0, 0.05) is 11.6 Å². The average Bonchev–Trinajstić information content (AvgIpc) is 2.25. The third-order valence-electron chi connectivity index (χ3n) is 2.82. The Morgan fingerprint density at radius 3 is 2.38 bits per heavy atom. The largest absolute Gasteiger partial charge is 0.383 e. The predicted molar refractivity (Wildman–Crippen MR) is 68.5 cm³/mol. The maximum Gasteiger partial charge on any atom is 0.135 e. The molecule has 1 aromatic heterocycles. The molecule has 1 rings (SSSR count). The number of hydrogen-bond acceptors (Lipinski definition) is 4. The Hall–Kier alpha value is -1.32. The lowest BCUT2D eigenvalue weighted by atomic mass is 10.0. The maximum absolute atomic E-state index is 5.89. The first-order chi connectivity index (χ1) is 7.60. The summed E-state index contributed by atoms with van der Waals surface area (Å²) in [5.74, 6) is 1.80. The lowest BCUT2D eigenvalue weighted by Crippen LogP contribution is -2.20. The summed E-state index contributed by atoms with van der Waals surface area (Å²) >= 11 is 0. The number of nitrogens with one attached hydrogen (secondary N) is 1. The molecule has 4 heteroatoms. The fourth-order valence-electron chi connectivity index (χ4n) is 1.78. The van der Waals surface area contributed by atoms with Crippen LogP contribution >= 0.6 is 0 Å². The third-order valence-corrected chi connectivity index (χ3v) is 2.82. The predicted octanol–water partition coefficient (Wildman–Crippen LogP) is 2.78. The summed E-state index contributed by atoms with van der Waals surface area (Å²) in [6, 6.07) is 0.451. The molecule has 0 aliphatic rings. The molecule has 0 spiro atoms. The highest BCUT2D eigenvalue weighted by atomic mass is 15.1. The molecular formula is C12H22N4. The van der Waals surface area contributed by atoms with Crippen LogP contribution in [0.3, 0.4) is 0 Å². The van der Waals surface area contributed by atoms with Gasteiger partial charge in [0.2, 0.25) is 0 Å². The topological polar surface area (TPSA) is 63.8 Å². The number of nitrogens with two attached hydrogens (primary N) is 1. The van der Waals surface area contributed by atoms with Crippen LogP contribution in [0.5, 0.6) is 0 Å². The van der Waals surface area contributed by atoms with Crippen molar-refractivity contribution in [2.75, 3.05) is 11.1 Å². The van der Waals surface area contributed by atoms with Gasteiger partial charge in [-0.1, -0.05) is 27.7 Å². The number of rotatable bonds is 5. The first-order valence-electron chi connectivity index (χ1n) is 5.97. The van der Waals surface area contributed by atoms with Gasteiger partial charge in [0.05, 0.1) is 0 Å². The van der Waals surface area contributed by atoms with E-state index in [2.05, 4.69) is 43.0 Å². The zero-order chi connectivity index (χ0) is 12.1. The summed E-state index contributed by atoms with van der Waals surface area (Å²) in [6.07, 6.45) is 3.68. The Kier molecular flexibility index (Phi) is 4.52. The van der Waals surface area contributed by atoms with Crippen LogP contribution in [0.1, 0.15) is 52.0 Å². The summed E-state index contributed by atoms with van der Waals surface area (Å²) in [5.41, 5.74) is 6.91. The monoisotopic (exact) mass is 222 g/mol. The van der Waals surface area contributed by atoms with Crippen molar-refractivity contribution in [2.24, 2.45) is 0 Å². The molecule has 0 radical (unpaired) electrons. The Bertz CT molecular complexity index is 332. The Labute approximate surface area is 97.7 Å². The van der Waals surface area contributed by atoms with Gasteiger partial charge < -0.3 is 11.1 Å². The summed E-state index contributed by atoms with van der Waals surface area (Å²) in [7, 11) is 0. The maximum atomic E-state index is 5.89. The molecule has 0 saturated carbocycles. The quantitative estimate of drug-likeness (QED) is 0.804. The lowest BCUT2D eigenvalue weighted by Gasteiger charge is -2.20. The van der Waals surface area contributed by atoms with Gasteiger partial charge >= 0.3 is 0 Å². The van der Waals surface area contributed by atoms with Crippen LogP contribution < -0.4 is 11.1 Å².